The van der Waals surface area contributed by atoms with Gasteiger partial charge in [0.1, 0.15) is 0 Å². The van der Waals surface area contributed by atoms with Gasteiger partial charge in [0.15, 0.2) is 12.7 Å². The van der Waals surface area contributed by atoms with Gasteiger partial charge in [0.2, 0.25) is 5.78 Å². The molecule has 1 rings (SSSR count). The average molecular weight is 290 g/mol. The smallest absolute Gasteiger partial charge is 0.335 e. The highest BCUT2D eigenvalue weighted by Gasteiger charge is 2.18. The molecule has 0 aliphatic carbocycles. The SMILES string of the molecule is C=CCOC(C)C(=O)OCC(=O)c1c(C)cc(C)cc1C. The van der Waals surface area contributed by atoms with Crippen LogP contribution in [-0.4, -0.2) is 31.1 Å². The van der Waals surface area contributed by atoms with Gasteiger partial charge in [0, 0.05) is 5.56 Å². The lowest BCUT2D eigenvalue weighted by Crippen LogP contribution is -2.26. The molecule has 0 N–H and O–H groups in total. The Morgan fingerprint density at radius 1 is 1.24 bits per heavy atom. The summed E-state index contributed by atoms with van der Waals surface area (Å²) in [6.45, 7) is 10.8. The summed E-state index contributed by atoms with van der Waals surface area (Å²) in [4.78, 5) is 23.9. The fourth-order valence-corrected chi connectivity index (χ4v) is 2.23. The van der Waals surface area contributed by atoms with E-state index in [4.69, 9.17) is 9.47 Å². The minimum absolute atomic E-state index is 0.200. The van der Waals surface area contributed by atoms with E-state index in [0.29, 0.717) is 5.56 Å². The van der Waals surface area contributed by atoms with E-state index in [1.54, 1.807) is 13.0 Å². The normalized spacial score (nSPS) is 11.8. The molecule has 1 unspecified atom stereocenters. The fraction of sp³-hybridized carbons (Fsp3) is 0.412. The van der Waals surface area contributed by atoms with Crippen LogP contribution in [0.25, 0.3) is 0 Å². The number of ether oxygens (including phenoxy) is 2. The third kappa shape index (κ3) is 4.83. The topological polar surface area (TPSA) is 52.6 Å². The molecule has 0 bridgehead atoms. The maximum Gasteiger partial charge on any atom is 0.335 e. The van der Waals surface area contributed by atoms with Crippen LogP contribution < -0.4 is 0 Å². The summed E-state index contributed by atoms with van der Waals surface area (Å²) in [5, 5.41) is 0. The highest BCUT2D eigenvalue weighted by atomic mass is 16.6. The van der Waals surface area contributed by atoms with Crippen molar-refractivity contribution in [2.75, 3.05) is 13.2 Å². The van der Waals surface area contributed by atoms with Gasteiger partial charge in [-0.3, -0.25) is 4.79 Å². The van der Waals surface area contributed by atoms with Crippen LogP contribution in [0.5, 0.6) is 0 Å². The third-order valence-electron chi connectivity index (χ3n) is 3.10. The van der Waals surface area contributed by atoms with Crippen molar-refractivity contribution in [2.24, 2.45) is 0 Å². The fourth-order valence-electron chi connectivity index (χ4n) is 2.23. The predicted octanol–water partition coefficient (Wildman–Crippen LogP) is 2.93. The van der Waals surface area contributed by atoms with Crippen LogP contribution >= 0.6 is 0 Å². The first-order valence-corrected chi connectivity index (χ1v) is 6.87. The van der Waals surface area contributed by atoms with Gasteiger partial charge in [0.25, 0.3) is 0 Å². The molecule has 4 nitrogen and oxygen atoms in total. The molecule has 0 heterocycles. The Kier molecular flexibility index (Phi) is 6.31. The van der Waals surface area contributed by atoms with Crippen LogP contribution in [-0.2, 0) is 14.3 Å². The zero-order valence-corrected chi connectivity index (χ0v) is 13.1. The summed E-state index contributed by atoms with van der Waals surface area (Å²) in [6.07, 6.45) is 0.838. The Balaban J connectivity index is 2.66. The number of ketones is 1. The van der Waals surface area contributed by atoms with Crippen LogP contribution in [0.15, 0.2) is 24.8 Å². The van der Waals surface area contributed by atoms with Crippen LogP contribution in [0, 0.1) is 20.8 Å². The molecule has 0 amide bonds. The first-order valence-electron chi connectivity index (χ1n) is 6.87. The second-order valence-electron chi connectivity index (χ2n) is 5.07. The zero-order valence-electron chi connectivity index (χ0n) is 13.1. The summed E-state index contributed by atoms with van der Waals surface area (Å²) in [7, 11) is 0. The van der Waals surface area contributed by atoms with Crippen molar-refractivity contribution in [3.8, 4) is 0 Å². The van der Waals surface area contributed by atoms with Crippen LogP contribution in [0.3, 0.4) is 0 Å². The van der Waals surface area contributed by atoms with Gasteiger partial charge in [-0.25, -0.2) is 4.79 Å². The molecule has 0 fully saturated rings. The molecule has 0 saturated carbocycles. The summed E-state index contributed by atoms with van der Waals surface area (Å²) in [5.41, 5.74) is 3.51. The maximum absolute atomic E-state index is 12.2. The van der Waals surface area contributed by atoms with E-state index in [0.717, 1.165) is 16.7 Å². The second kappa shape index (κ2) is 7.74. The average Bonchev–Trinajstić information content (AvgIpc) is 2.40. The van der Waals surface area contributed by atoms with Gasteiger partial charge in [-0.2, -0.15) is 0 Å². The van der Waals surface area contributed by atoms with Crippen molar-refractivity contribution in [3.05, 3.63) is 47.0 Å². The summed E-state index contributed by atoms with van der Waals surface area (Å²) in [5.74, 6) is -0.748. The molecule has 0 saturated heterocycles. The number of Topliss-reactive ketones (excluding diaryl/α,β-unsaturated/α-hetero) is 1. The Morgan fingerprint density at radius 3 is 2.33 bits per heavy atom. The minimum Gasteiger partial charge on any atom is -0.455 e. The van der Waals surface area contributed by atoms with E-state index in [9.17, 15) is 9.59 Å². The van der Waals surface area contributed by atoms with Crippen LogP contribution in [0.2, 0.25) is 0 Å². The molecule has 0 aliphatic heterocycles. The number of hydrogen-bond donors (Lipinski definition) is 0. The molecule has 1 atom stereocenters. The standard InChI is InChI=1S/C17H22O4/c1-6-7-20-14(5)17(19)21-10-15(18)16-12(3)8-11(2)9-13(16)4/h6,8-9,14H,1,7,10H2,2-5H3. The van der Waals surface area contributed by atoms with Gasteiger partial charge in [-0.1, -0.05) is 23.8 Å². The van der Waals surface area contributed by atoms with Gasteiger partial charge >= 0.3 is 5.97 Å². The molecular formula is C17H22O4. The van der Waals surface area contributed by atoms with E-state index >= 15 is 0 Å². The summed E-state index contributed by atoms with van der Waals surface area (Å²) >= 11 is 0. The predicted molar refractivity (Wildman–Crippen MR) is 81.6 cm³/mol. The van der Waals surface area contributed by atoms with Gasteiger partial charge in [-0.15, -0.1) is 6.58 Å². The molecular weight excluding hydrogens is 268 g/mol. The number of benzene rings is 1. The van der Waals surface area contributed by atoms with Crippen molar-refractivity contribution in [3.63, 3.8) is 0 Å². The lowest BCUT2D eigenvalue weighted by Gasteiger charge is -2.13. The molecule has 0 spiro atoms. The Bertz CT molecular complexity index is 523. The van der Waals surface area contributed by atoms with E-state index in [-0.39, 0.29) is 19.0 Å². The van der Waals surface area contributed by atoms with Gasteiger partial charge in [0.05, 0.1) is 6.61 Å². The summed E-state index contributed by atoms with van der Waals surface area (Å²) in [6, 6.07) is 3.88. The van der Waals surface area contributed by atoms with E-state index < -0.39 is 12.1 Å². The second-order valence-corrected chi connectivity index (χ2v) is 5.07. The first-order chi connectivity index (χ1) is 9.86. The minimum atomic E-state index is -0.712. The monoisotopic (exact) mass is 290 g/mol. The highest BCUT2D eigenvalue weighted by Crippen LogP contribution is 2.17. The lowest BCUT2D eigenvalue weighted by atomic mass is 9.97. The maximum atomic E-state index is 12.2. The number of aryl methyl sites for hydroxylation is 3. The number of carbonyl (C=O) groups is 2. The zero-order chi connectivity index (χ0) is 16.0. The summed E-state index contributed by atoms with van der Waals surface area (Å²) < 4.78 is 10.2. The Hall–Kier alpha value is -1.94. The number of esters is 1. The van der Waals surface area contributed by atoms with E-state index in [1.165, 1.54) is 0 Å². The quantitative estimate of drug-likeness (QED) is 0.440. The van der Waals surface area contributed by atoms with Crippen molar-refractivity contribution < 1.29 is 19.1 Å². The first kappa shape index (κ1) is 17.1. The van der Waals surface area contributed by atoms with Gasteiger partial charge < -0.3 is 9.47 Å². The van der Waals surface area contributed by atoms with Crippen LogP contribution in [0.4, 0.5) is 0 Å². The van der Waals surface area contributed by atoms with Crippen molar-refractivity contribution in [2.45, 2.75) is 33.8 Å². The molecule has 1 aromatic carbocycles. The number of carbonyl (C=O) groups excluding carboxylic acids is 2. The highest BCUT2D eigenvalue weighted by molar-refractivity contribution is 6.00. The lowest BCUT2D eigenvalue weighted by molar-refractivity contribution is -0.154. The van der Waals surface area contributed by atoms with E-state index in [2.05, 4.69) is 6.58 Å². The van der Waals surface area contributed by atoms with E-state index in [1.807, 2.05) is 32.9 Å². The number of hydrogen-bond acceptors (Lipinski definition) is 4. The molecule has 0 aromatic heterocycles. The third-order valence-corrected chi connectivity index (χ3v) is 3.10. The molecule has 0 radical (unpaired) electrons. The molecule has 114 valence electrons. The Labute approximate surface area is 125 Å². The molecule has 1 aromatic rings. The molecule has 4 heteroatoms. The largest absolute Gasteiger partial charge is 0.455 e. The Morgan fingerprint density at radius 2 is 1.81 bits per heavy atom. The molecule has 21 heavy (non-hydrogen) atoms. The molecule has 0 aliphatic rings. The number of rotatable bonds is 7. The van der Waals surface area contributed by atoms with Crippen molar-refractivity contribution in [1.29, 1.82) is 0 Å². The van der Waals surface area contributed by atoms with Crippen molar-refractivity contribution >= 4 is 11.8 Å². The van der Waals surface area contributed by atoms with Crippen molar-refractivity contribution in [1.82, 2.24) is 0 Å². The van der Waals surface area contributed by atoms with Gasteiger partial charge in [-0.05, 0) is 38.8 Å². The van der Waals surface area contributed by atoms with Crippen LogP contribution in [0.1, 0.15) is 34.0 Å².